The highest BCUT2D eigenvalue weighted by Gasteiger charge is 2.14. The second-order valence-corrected chi connectivity index (χ2v) is 4.12. The van der Waals surface area contributed by atoms with Crippen molar-refractivity contribution in [2.45, 2.75) is 6.92 Å². The van der Waals surface area contributed by atoms with E-state index in [9.17, 15) is 4.79 Å². The summed E-state index contributed by atoms with van der Waals surface area (Å²) in [6.45, 7) is 1.62. The second kappa shape index (κ2) is 4.05. The molecular weight excluding hydrogens is 274 g/mol. The maximum Gasteiger partial charge on any atom is 0.358 e. The lowest BCUT2D eigenvalue weighted by Gasteiger charge is -1.98. The van der Waals surface area contributed by atoms with Gasteiger partial charge in [0.1, 0.15) is 0 Å². The number of aromatic nitrogens is 3. The van der Waals surface area contributed by atoms with E-state index in [0.717, 1.165) is 4.47 Å². The Labute approximate surface area is 99.8 Å². The summed E-state index contributed by atoms with van der Waals surface area (Å²) < 4.78 is 0.886. The summed E-state index contributed by atoms with van der Waals surface area (Å²) >= 11 is 3.33. The molecule has 0 radical (unpaired) electrons. The number of carboxylic acids is 1. The van der Waals surface area contributed by atoms with Gasteiger partial charge in [-0.3, -0.25) is 0 Å². The minimum absolute atomic E-state index is 0.0278. The van der Waals surface area contributed by atoms with Crippen molar-refractivity contribution in [1.29, 1.82) is 0 Å². The Bertz CT molecular complexity index is 551. The van der Waals surface area contributed by atoms with E-state index in [1.807, 2.05) is 18.2 Å². The van der Waals surface area contributed by atoms with E-state index in [1.165, 1.54) is 4.80 Å². The van der Waals surface area contributed by atoms with Gasteiger partial charge in [-0.2, -0.15) is 9.90 Å². The van der Waals surface area contributed by atoms with Gasteiger partial charge in [-0.15, -0.1) is 5.10 Å². The number of hydrogen-bond acceptors (Lipinski definition) is 3. The molecular formula is C10H8BrN3O2. The van der Waals surface area contributed by atoms with Gasteiger partial charge >= 0.3 is 5.97 Å². The molecule has 5 nitrogen and oxygen atoms in total. The number of nitrogens with zero attached hydrogens (tertiary/aromatic N) is 3. The van der Waals surface area contributed by atoms with Crippen LogP contribution in [0.1, 0.15) is 16.2 Å². The molecule has 1 aromatic heterocycles. The summed E-state index contributed by atoms with van der Waals surface area (Å²) in [6, 6.07) is 7.32. The Morgan fingerprint density at radius 2 is 2.19 bits per heavy atom. The Balaban J connectivity index is 2.49. The molecule has 1 heterocycles. The van der Waals surface area contributed by atoms with Crippen LogP contribution in [0, 0.1) is 6.92 Å². The second-order valence-electron chi connectivity index (χ2n) is 3.21. The SMILES string of the molecule is Cc1nn(-c2cccc(Br)c2)nc1C(=O)O. The first kappa shape index (κ1) is 10.8. The number of aryl methyl sites for hydroxylation is 1. The Morgan fingerprint density at radius 3 is 2.75 bits per heavy atom. The van der Waals surface area contributed by atoms with E-state index >= 15 is 0 Å². The zero-order valence-electron chi connectivity index (χ0n) is 8.38. The van der Waals surface area contributed by atoms with Crippen LogP contribution in [0.3, 0.4) is 0 Å². The van der Waals surface area contributed by atoms with Gasteiger partial charge in [0.15, 0.2) is 5.69 Å². The third kappa shape index (κ3) is 1.96. The van der Waals surface area contributed by atoms with Crippen molar-refractivity contribution >= 4 is 21.9 Å². The van der Waals surface area contributed by atoms with Crippen LogP contribution in [-0.4, -0.2) is 26.1 Å². The van der Waals surface area contributed by atoms with Crippen LogP contribution in [0.5, 0.6) is 0 Å². The highest BCUT2D eigenvalue weighted by atomic mass is 79.9. The zero-order chi connectivity index (χ0) is 11.7. The van der Waals surface area contributed by atoms with Crippen LogP contribution in [0.2, 0.25) is 0 Å². The number of carboxylic acid groups (broad SMARTS) is 1. The minimum Gasteiger partial charge on any atom is -0.476 e. The van der Waals surface area contributed by atoms with Crippen molar-refractivity contribution in [2.24, 2.45) is 0 Å². The van der Waals surface area contributed by atoms with Crippen LogP contribution >= 0.6 is 15.9 Å². The predicted molar refractivity (Wildman–Crippen MR) is 60.8 cm³/mol. The first-order chi connectivity index (χ1) is 7.58. The topological polar surface area (TPSA) is 68.0 Å². The number of rotatable bonds is 2. The summed E-state index contributed by atoms with van der Waals surface area (Å²) in [7, 11) is 0. The number of hydrogen-bond donors (Lipinski definition) is 1. The van der Waals surface area contributed by atoms with E-state index in [0.29, 0.717) is 11.4 Å². The number of halogens is 1. The average molecular weight is 282 g/mol. The largest absolute Gasteiger partial charge is 0.476 e. The molecule has 1 N–H and O–H groups in total. The normalized spacial score (nSPS) is 10.4. The molecule has 0 unspecified atom stereocenters. The van der Waals surface area contributed by atoms with Crippen molar-refractivity contribution in [3.63, 3.8) is 0 Å². The molecule has 0 aliphatic carbocycles. The molecule has 1 aromatic carbocycles. The number of carbonyl (C=O) groups is 1. The molecule has 82 valence electrons. The Morgan fingerprint density at radius 1 is 1.44 bits per heavy atom. The lowest BCUT2D eigenvalue weighted by molar-refractivity contribution is 0.0689. The fourth-order valence-corrected chi connectivity index (χ4v) is 1.68. The van der Waals surface area contributed by atoms with Gasteiger partial charge in [-0.1, -0.05) is 22.0 Å². The van der Waals surface area contributed by atoms with Crippen LogP contribution in [-0.2, 0) is 0 Å². The molecule has 2 aromatic rings. The molecule has 0 saturated heterocycles. The predicted octanol–water partition coefficient (Wildman–Crippen LogP) is 2.04. The van der Waals surface area contributed by atoms with Crippen LogP contribution in [0.25, 0.3) is 5.69 Å². The molecule has 6 heteroatoms. The standard InChI is InChI=1S/C10H8BrN3O2/c1-6-9(10(15)16)13-14(12-6)8-4-2-3-7(11)5-8/h2-5H,1H3,(H,15,16). The van der Waals surface area contributed by atoms with Crippen molar-refractivity contribution in [2.75, 3.05) is 0 Å². The minimum atomic E-state index is -1.07. The summed E-state index contributed by atoms with van der Waals surface area (Å²) in [5.74, 6) is -1.07. The molecule has 0 amide bonds. The third-order valence-electron chi connectivity index (χ3n) is 2.02. The Hall–Kier alpha value is -1.69. The maximum atomic E-state index is 10.8. The molecule has 2 rings (SSSR count). The Kier molecular flexibility index (Phi) is 2.74. The monoisotopic (exact) mass is 281 g/mol. The van der Waals surface area contributed by atoms with Gasteiger partial charge in [0.2, 0.25) is 0 Å². The van der Waals surface area contributed by atoms with E-state index in [4.69, 9.17) is 5.11 Å². The summed E-state index contributed by atoms with van der Waals surface area (Å²) in [6.07, 6.45) is 0. The lowest BCUT2D eigenvalue weighted by atomic mass is 10.3. The quantitative estimate of drug-likeness (QED) is 0.915. The van der Waals surface area contributed by atoms with Gasteiger partial charge in [-0.05, 0) is 25.1 Å². The summed E-state index contributed by atoms with van der Waals surface area (Å²) in [5, 5.41) is 16.8. The van der Waals surface area contributed by atoms with E-state index < -0.39 is 5.97 Å². The summed E-state index contributed by atoms with van der Waals surface area (Å²) in [4.78, 5) is 12.1. The highest BCUT2D eigenvalue weighted by Crippen LogP contribution is 2.14. The smallest absolute Gasteiger partial charge is 0.358 e. The fraction of sp³-hybridized carbons (Fsp3) is 0.100. The molecule has 16 heavy (non-hydrogen) atoms. The van der Waals surface area contributed by atoms with Gasteiger partial charge in [0.25, 0.3) is 0 Å². The molecule has 0 atom stereocenters. The summed E-state index contributed by atoms with van der Waals surface area (Å²) in [5.41, 5.74) is 1.08. The van der Waals surface area contributed by atoms with Gasteiger partial charge in [0, 0.05) is 4.47 Å². The molecule has 0 aliphatic heterocycles. The van der Waals surface area contributed by atoms with Gasteiger partial charge in [0.05, 0.1) is 11.4 Å². The van der Waals surface area contributed by atoms with Gasteiger partial charge < -0.3 is 5.11 Å². The fourth-order valence-electron chi connectivity index (χ4n) is 1.29. The van der Waals surface area contributed by atoms with Crippen LogP contribution in [0.15, 0.2) is 28.7 Å². The molecule has 0 aliphatic rings. The van der Waals surface area contributed by atoms with Crippen molar-refractivity contribution in [3.05, 3.63) is 40.1 Å². The number of benzene rings is 1. The first-order valence-corrected chi connectivity index (χ1v) is 5.30. The zero-order valence-corrected chi connectivity index (χ0v) is 9.97. The number of aromatic carboxylic acids is 1. The third-order valence-corrected chi connectivity index (χ3v) is 2.52. The van der Waals surface area contributed by atoms with Crippen LogP contribution < -0.4 is 0 Å². The maximum absolute atomic E-state index is 10.8. The van der Waals surface area contributed by atoms with E-state index in [-0.39, 0.29) is 5.69 Å². The average Bonchev–Trinajstić information content (AvgIpc) is 2.60. The lowest BCUT2D eigenvalue weighted by Crippen LogP contribution is -2.02. The van der Waals surface area contributed by atoms with E-state index in [1.54, 1.807) is 13.0 Å². The molecule has 0 fully saturated rings. The van der Waals surface area contributed by atoms with E-state index in [2.05, 4.69) is 26.1 Å². The van der Waals surface area contributed by atoms with Crippen molar-refractivity contribution in [1.82, 2.24) is 15.0 Å². The van der Waals surface area contributed by atoms with Crippen molar-refractivity contribution in [3.8, 4) is 5.69 Å². The first-order valence-electron chi connectivity index (χ1n) is 4.51. The molecule has 0 bridgehead atoms. The molecule has 0 saturated carbocycles. The van der Waals surface area contributed by atoms with Crippen LogP contribution in [0.4, 0.5) is 0 Å². The van der Waals surface area contributed by atoms with Crippen molar-refractivity contribution < 1.29 is 9.90 Å². The molecule has 0 spiro atoms. The van der Waals surface area contributed by atoms with Gasteiger partial charge in [-0.25, -0.2) is 4.79 Å². The highest BCUT2D eigenvalue weighted by molar-refractivity contribution is 9.10.